The summed E-state index contributed by atoms with van der Waals surface area (Å²) in [6, 6.07) is 7.70. The highest BCUT2D eigenvalue weighted by Gasteiger charge is 2.58. The van der Waals surface area contributed by atoms with Crippen LogP contribution in [0.15, 0.2) is 29.8 Å². The van der Waals surface area contributed by atoms with E-state index in [1.54, 1.807) is 0 Å². The van der Waals surface area contributed by atoms with Gasteiger partial charge in [-0.25, -0.2) is 0 Å². The number of fused-ring (bicyclic) bond motifs is 2. The van der Waals surface area contributed by atoms with Crippen LogP contribution in [0.4, 0.5) is 0 Å². The zero-order valence-electron chi connectivity index (χ0n) is 11.6. The van der Waals surface area contributed by atoms with Gasteiger partial charge in [-0.15, -0.1) is 0 Å². The highest BCUT2D eigenvalue weighted by atomic mass is 35.5. The lowest BCUT2D eigenvalue weighted by Gasteiger charge is -2.59. The van der Waals surface area contributed by atoms with Crippen molar-refractivity contribution in [3.8, 4) is 0 Å². The SMILES string of the molecule is C[C@@H]1C(=O)/C(=C/c2ccc(Cl)cc2)[C@H]2C[C@@H]1C2(C)C. The fourth-order valence-corrected chi connectivity index (χ4v) is 3.99. The van der Waals surface area contributed by atoms with Crippen LogP contribution in [0.3, 0.4) is 0 Å². The number of benzene rings is 1. The summed E-state index contributed by atoms with van der Waals surface area (Å²) in [6.45, 7) is 6.68. The van der Waals surface area contributed by atoms with E-state index in [0.29, 0.717) is 17.6 Å². The molecule has 0 saturated heterocycles. The molecule has 0 spiro atoms. The van der Waals surface area contributed by atoms with Crippen LogP contribution in [0, 0.1) is 23.2 Å². The second kappa shape index (κ2) is 4.21. The lowest BCUT2D eigenvalue weighted by atomic mass is 9.44. The van der Waals surface area contributed by atoms with E-state index in [-0.39, 0.29) is 11.3 Å². The number of Topliss-reactive ketones (excluding diaryl/α,β-unsaturated/α-hetero) is 1. The number of carbonyl (C=O) groups excluding carboxylic acids is 1. The van der Waals surface area contributed by atoms with Crippen LogP contribution in [0.5, 0.6) is 0 Å². The highest BCUT2D eigenvalue weighted by molar-refractivity contribution is 6.30. The maximum Gasteiger partial charge on any atom is 0.162 e. The van der Waals surface area contributed by atoms with Crippen molar-refractivity contribution >= 4 is 23.5 Å². The van der Waals surface area contributed by atoms with Gasteiger partial charge in [-0.2, -0.15) is 0 Å². The molecule has 0 radical (unpaired) electrons. The molecule has 0 aromatic heterocycles. The van der Waals surface area contributed by atoms with E-state index < -0.39 is 0 Å². The van der Waals surface area contributed by atoms with Crippen molar-refractivity contribution in [3.05, 3.63) is 40.4 Å². The molecule has 3 fully saturated rings. The molecule has 3 saturated carbocycles. The third kappa shape index (κ3) is 1.87. The maximum atomic E-state index is 12.4. The molecule has 1 aromatic carbocycles. The van der Waals surface area contributed by atoms with Gasteiger partial charge >= 0.3 is 0 Å². The van der Waals surface area contributed by atoms with Gasteiger partial charge in [0.2, 0.25) is 0 Å². The predicted molar refractivity (Wildman–Crippen MR) is 79.0 cm³/mol. The minimum atomic E-state index is 0.165. The number of ketones is 1. The summed E-state index contributed by atoms with van der Waals surface area (Å²) < 4.78 is 0. The largest absolute Gasteiger partial charge is 0.294 e. The van der Waals surface area contributed by atoms with Crippen LogP contribution in [0.1, 0.15) is 32.8 Å². The molecule has 2 bridgehead atoms. The first-order valence-corrected chi connectivity index (χ1v) is 7.30. The predicted octanol–water partition coefficient (Wildman–Crippen LogP) is 4.60. The van der Waals surface area contributed by atoms with Gasteiger partial charge in [0.05, 0.1) is 0 Å². The van der Waals surface area contributed by atoms with E-state index >= 15 is 0 Å². The number of hydrogen-bond acceptors (Lipinski definition) is 1. The Labute approximate surface area is 119 Å². The van der Waals surface area contributed by atoms with Crippen molar-refractivity contribution in [3.63, 3.8) is 0 Å². The first-order chi connectivity index (χ1) is 8.91. The number of allylic oxidation sites excluding steroid dienone is 1. The van der Waals surface area contributed by atoms with Gasteiger partial charge in [-0.05, 0) is 53.0 Å². The van der Waals surface area contributed by atoms with Crippen LogP contribution in [-0.2, 0) is 4.79 Å². The van der Waals surface area contributed by atoms with Gasteiger partial charge in [0.15, 0.2) is 5.78 Å². The lowest BCUT2D eigenvalue weighted by Crippen LogP contribution is -2.56. The summed E-state index contributed by atoms with van der Waals surface area (Å²) in [7, 11) is 0. The van der Waals surface area contributed by atoms with E-state index in [1.165, 1.54) is 6.42 Å². The van der Waals surface area contributed by atoms with Crippen molar-refractivity contribution in [1.29, 1.82) is 0 Å². The van der Waals surface area contributed by atoms with Crippen molar-refractivity contribution in [1.82, 2.24) is 0 Å². The average Bonchev–Trinajstić information content (AvgIpc) is 2.36. The highest BCUT2D eigenvalue weighted by Crippen LogP contribution is 2.62. The molecule has 3 aliphatic carbocycles. The summed E-state index contributed by atoms with van der Waals surface area (Å²) in [4.78, 5) is 12.4. The van der Waals surface area contributed by atoms with Crippen molar-refractivity contribution in [2.75, 3.05) is 0 Å². The van der Waals surface area contributed by atoms with Gasteiger partial charge in [-0.1, -0.05) is 44.5 Å². The third-order valence-corrected chi connectivity index (χ3v) is 5.46. The van der Waals surface area contributed by atoms with Crippen LogP contribution < -0.4 is 0 Å². The molecule has 1 aromatic rings. The standard InChI is InChI=1S/C17H19ClO/c1-10-14-9-15(17(14,2)3)13(16(10)19)8-11-4-6-12(18)7-5-11/h4-8,10,14-15H,9H2,1-3H3/b13-8+/t10-,14-,15+/m0/s1. The van der Waals surface area contributed by atoms with Gasteiger partial charge in [-0.3, -0.25) is 4.79 Å². The molecule has 0 aliphatic heterocycles. The Morgan fingerprint density at radius 2 is 1.89 bits per heavy atom. The quantitative estimate of drug-likeness (QED) is 0.684. The Morgan fingerprint density at radius 1 is 1.26 bits per heavy atom. The first-order valence-electron chi connectivity index (χ1n) is 6.92. The Balaban J connectivity index is 1.99. The van der Waals surface area contributed by atoms with Gasteiger partial charge in [0, 0.05) is 10.9 Å². The summed E-state index contributed by atoms with van der Waals surface area (Å²) in [5.74, 6) is 1.50. The molecule has 0 heterocycles. The molecule has 3 aliphatic rings. The van der Waals surface area contributed by atoms with Crippen LogP contribution in [0.25, 0.3) is 6.08 Å². The Hall–Kier alpha value is -1.08. The van der Waals surface area contributed by atoms with Gasteiger partial charge in [0.1, 0.15) is 0 Å². The zero-order valence-corrected chi connectivity index (χ0v) is 12.4. The Kier molecular flexibility index (Phi) is 2.86. The van der Waals surface area contributed by atoms with E-state index in [1.807, 2.05) is 24.3 Å². The maximum absolute atomic E-state index is 12.4. The number of carbonyl (C=O) groups is 1. The molecule has 1 nitrogen and oxygen atoms in total. The molecule has 0 amide bonds. The Morgan fingerprint density at radius 3 is 2.47 bits per heavy atom. The van der Waals surface area contributed by atoms with E-state index in [4.69, 9.17) is 11.6 Å². The van der Waals surface area contributed by atoms with Crippen molar-refractivity contribution in [2.24, 2.45) is 23.2 Å². The van der Waals surface area contributed by atoms with Gasteiger partial charge in [0.25, 0.3) is 0 Å². The van der Waals surface area contributed by atoms with E-state index in [0.717, 1.165) is 16.2 Å². The van der Waals surface area contributed by atoms with Gasteiger partial charge < -0.3 is 0 Å². The lowest BCUT2D eigenvalue weighted by molar-refractivity contribution is -0.139. The monoisotopic (exact) mass is 274 g/mol. The van der Waals surface area contributed by atoms with Crippen LogP contribution >= 0.6 is 11.6 Å². The van der Waals surface area contributed by atoms with Crippen molar-refractivity contribution < 1.29 is 4.79 Å². The average molecular weight is 275 g/mol. The Bertz CT molecular complexity index is 553. The molecule has 0 N–H and O–H groups in total. The molecular formula is C17H19ClO. The molecule has 0 unspecified atom stereocenters. The van der Waals surface area contributed by atoms with Crippen molar-refractivity contribution in [2.45, 2.75) is 27.2 Å². The summed E-state index contributed by atoms with van der Waals surface area (Å²) >= 11 is 5.90. The first kappa shape index (κ1) is 12.9. The number of rotatable bonds is 1. The minimum absolute atomic E-state index is 0.165. The summed E-state index contributed by atoms with van der Waals surface area (Å²) in [5, 5.41) is 0.731. The number of halogens is 1. The molecular weight excluding hydrogens is 256 g/mol. The molecule has 19 heavy (non-hydrogen) atoms. The smallest absolute Gasteiger partial charge is 0.162 e. The summed E-state index contributed by atoms with van der Waals surface area (Å²) in [6.07, 6.45) is 3.23. The molecule has 3 atom stereocenters. The molecule has 2 heteroatoms. The summed E-state index contributed by atoms with van der Waals surface area (Å²) in [5.41, 5.74) is 2.36. The third-order valence-electron chi connectivity index (χ3n) is 5.21. The fourth-order valence-electron chi connectivity index (χ4n) is 3.86. The number of hydrogen-bond donors (Lipinski definition) is 0. The van der Waals surface area contributed by atoms with Crippen LogP contribution in [0.2, 0.25) is 5.02 Å². The van der Waals surface area contributed by atoms with Crippen LogP contribution in [-0.4, -0.2) is 5.78 Å². The topological polar surface area (TPSA) is 17.1 Å². The fraction of sp³-hybridized carbons (Fsp3) is 0.471. The second-order valence-corrected chi connectivity index (χ2v) is 6.96. The molecule has 100 valence electrons. The molecule has 4 rings (SSSR count). The zero-order chi connectivity index (χ0) is 13.8. The minimum Gasteiger partial charge on any atom is -0.294 e. The van der Waals surface area contributed by atoms with E-state index in [2.05, 4.69) is 26.8 Å². The second-order valence-electron chi connectivity index (χ2n) is 6.52. The van der Waals surface area contributed by atoms with E-state index in [9.17, 15) is 4.79 Å². The normalized spacial score (nSPS) is 34.2.